The van der Waals surface area contributed by atoms with Crippen molar-refractivity contribution in [2.24, 2.45) is 0 Å². The number of ether oxygens (including phenoxy) is 1. The van der Waals surface area contributed by atoms with Crippen LogP contribution in [-0.4, -0.2) is 35.4 Å². The summed E-state index contributed by atoms with van der Waals surface area (Å²) < 4.78 is 4.99. The van der Waals surface area contributed by atoms with E-state index in [1.807, 2.05) is 31.2 Å². The molecule has 0 saturated heterocycles. The predicted octanol–water partition coefficient (Wildman–Crippen LogP) is 3.03. The van der Waals surface area contributed by atoms with Gasteiger partial charge in [-0.15, -0.1) is 0 Å². The van der Waals surface area contributed by atoms with Gasteiger partial charge in [0.25, 0.3) is 11.6 Å². The van der Waals surface area contributed by atoms with Crippen LogP contribution in [0.2, 0.25) is 0 Å². The number of likely N-dealkylation sites (N-methyl/N-ethyl adjacent to an activating group) is 1. The Labute approximate surface area is 151 Å². The first-order valence-electron chi connectivity index (χ1n) is 8.01. The average molecular weight is 356 g/mol. The third-order valence-electron chi connectivity index (χ3n) is 4.06. The third kappa shape index (κ3) is 4.44. The van der Waals surface area contributed by atoms with E-state index in [1.54, 1.807) is 7.05 Å². The van der Waals surface area contributed by atoms with E-state index in [1.165, 1.54) is 30.0 Å². The minimum Gasteiger partial charge on any atom is -0.452 e. The summed E-state index contributed by atoms with van der Waals surface area (Å²) >= 11 is 0. The van der Waals surface area contributed by atoms with Gasteiger partial charge in [0.2, 0.25) is 0 Å². The molecule has 0 bridgehead atoms. The standard InChI is InChI=1S/C19H20N2O5/c1-13-7-4-5-9-15(13)11-20(3)17(22)12-26-19(23)16-10-6-8-14(2)18(16)21(24)25/h4-10H,11-12H2,1-3H3. The molecule has 0 N–H and O–H groups in total. The Morgan fingerprint density at radius 3 is 2.38 bits per heavy atom. The van der Waals surface area contributed by atoms with Crippen molar-refractivity contribution in [1.82, 2.24) is 4.90 Å². The van der Waals surface area contributed by atoms with E-state index in [0.717, 1.165) is 11.1 Å². The van der Waals surface area contributed by atoms with Crippen molar-refractivity contribution in [2.45, 2.75) is 20.4 Å². The maximum atomic E-state index is 12.2. The van der Waals surface area contributed by atoms with E-state index < -0.39 is 23.4 Å². The summed E-state index contributed by atoms with van der Waals surface area (Å²) in [6, 6.07) is 12.1. The highest BCUT2D eigenvalue weighted by atomic mass is 16.6. The molecule has 7 nitrogen and oxygen atoms in total. The van der Waals surface area contributed by atoms with E-state index >= 15 is 0 Å². The van der Waals surface area contributed by atoms with Crippen LogP contribution in [0.5, 0.6) is 0 Å². The van der Waals surface area contributed by atoms with Crippen LogP contribution < -0.4 is 0 Å². The minimum atomic E-state index is -0.891. The molecule has 0 radical (unpaired) electrons. The van der Waals surface area contributed by atoms with Crippen LogP contribution in [0, 0.1) is 24.0 Å². The van der Waals surface area contributed by atoms with Crippen molar-refractivity contribution in [2.75, 3.05) is 13.7 Å². The number of benzene rings is 2. The number of nitro benzene ring substituents is 1. The second kappa shape index (κ2) is 8.24. The van der Waals surface area contributed by atoms with Gasteiger partial charge in [0.15, 0.2) is 6.61 Å². The molecule has 0 fully saturated rings. The first kappa shape index (κ1) is 19.1. The van der Waals surface area contributed by atoms with Crippen LogP contribution in [-0.2, 0) is 16.1 Å². The van der Waals surface area contributed by atoms with E-state index in [4.69, 9.17) is 4.74 Å². The molecule has 0 saturated carbocycles. The number of carbonyl (C=O) groups excluding carboxylic acids is 2. The summed E-state index contributed by atoms with van der Waals surface area (Å²) in [6.07, 6.45) is 0. The maximum Gasteiger partial charge on any atom is 0.345 e. The van der Waals surface area contributed by atoms with Crippen molar-refractivity contribution in [1.29, 1.82) is 0 Å². The van der Waals surface area contributed by atoms with Crippen LogP contribution in [0.1, 0.15) is 27.0 Å². The normalized spacial score (nSPS) is 10.3. The monoisotopic (exact) mass is 356 g/mol. The second-order valence-corrected chi connectivity index (χ2v) is 5.98. The lowest BCUT2D eigenvalue weighted by atomic mass is 10.1. The first-order chi connectivity index (χ1) is 12.3. The minimum absolute atomic E-state index is 0.163. The number of esters is 1. The largest absolute Gasteiger partial charge is 0.452 e. The number of nitro groups is 1. The zero-order chi connectivity index (χ0) is 19.3. The fourth-order valence-electron chi connectivity index (χ4n) is 2.51. The summed E-state index contributed by atoms with van der Waals surface area (Å²) in [5, 5.41) is 11.2. The highest BCUT2D eigenvalue weighted by Crippen LogP contribution is 2.23. The summed E-state index contributed by atoms with van der Waals surface area (Å²) in [7, 11) is 1.61. The summed E-state index contributed by atoms with van der Waals surface area (Å²) in [4.78, 5) is 36.3. The van der Waals surface area contributed by atoms with Gasteiger partial charge >= 0.3 is 5.97 Å². The molecule has 0 atom stereocenters. The molecule has 0 aliphatic carbocycles. The molecule has 2 rings (SSSR count). The van der Waals surface area contributed by atoms with Crippen LogP contribution >= 0.6 is 0 Å². The van der Waals surface area contributed by atoms with Gasteiger partial charge in [-0.3, -0.25) is 14.9 Å². The van der Waals surface area contributed by atoms with Crippen molar-refractivity contribution in [3.8, 4) is 0 Å². The number of carbonyl (C=O) groups is 2. The molecular weight excluding hydrogens is 336 g/mol. The van der Waals surface area contributed by atoms with Crippen LogP contribution in [0.4, 0.5) is 5.69 Å². The zero-order valence-corrected chi connectivity index (χ0v) is 14.9. The molecule has 26 heavy (non-hydrogen) atoms. The van der Waals surface area contributed by atoms with Crippen molar-refractivity contribution in [3.63, 3.8) is 0 Å². The Hall–Kier alpha value is -3.22. The van der Waals surface area contributed by atoms with Gasteiger partial charge in [-0.25, -0.2) is 4.79 Å². The summed E-state index contributed by atoms with van der Waals surface area (Å²) in [5.41, 5.74) is 1.93. The molecule has 0 spiro atoms. The molecule has 2 aromatic rings. The Morgan fingerprint density at radius 1 is 1.08 bits per heavy atom. The van der Waals surface area contributed by atoms with E-state index in [0.29, 0.717) is 12.1 Å². The van der Waals surface area contributed by atoms with E-state index in [9.17, 15) is 19.7 Å². The van der Waals surface area contributed by atoms with Gasteiger partial charge in [-0.2, -0.15) is 0 Å². The van der Waals surface area contributed by atoms with Gasteiger partial charge in [0, 0.05) is 19.2 Å². The Kier molecular flexibility index (Phi) is 6.06. The lowest BCUT2D eigenvalue weighted by Crippen LogP contribution is -2.31. The van der Waals surface area contributed by atoms with E-state index in [2.05, 4.69) is 0 Å². The zero-order valence-electron chi connectivity index (χ0n) is 14.9. The van der Waals surface area contributed by atoms with Gasteiger partial charge in [0.05, 0.1) is 4.92 Å². The van der Waals surface area contributed by atoms with Gasteiger partial charge in [-0.05, 0) is 31.0 Å². The number of aryl methyl sites for hydroxylation is 2. The molecule has 0 unspecified atom stereocenters. The van der Waals surface area contributed by atoms with Gasteiger partial charge in [0.1, 0.15) is 5.56 Å². The SMILES string of the molecule is Cc1ccccc1CN(C)C(=O)COC(=O)c1cccc(C)c1[N+](=O)[O-]. The van der Waals surface area contributed by atoms with Crippen molar-refractivity contribution < 1.29 is 19.2 Å². The molecule has 136 valence electrons. The Bertz CT molecular complexity index is 848. The number of rotatable bonds is 6. The Morgan fingerprint density at radius 2 is 1.73 bits per heavy atom. The van der Waals surface area contributed by atoms with Crippen molar-refractivity contribution in [3.05, 3.63) is 74.8 Å². The summed E-state index contributed by atoms with van der Waals surface area (Å²) in [5.74, 6) is -1.28. The number of para-hydroxylation sites is 1. The van der Waals surface area contributed by atoms with Crippen LogP contribution in [0.25, 0.3) is 0 Å². The lowest BCUT2D eigenvalue weighted by Gasteiger charge is -2.18. The van der Waals surface area contributed by atoms with Gasteiger partial charge in [-0.1, -0.05) is 36.4 Å². The molecule has 7 heteroatoms. The molecule has 0 aliphatic heterocycles. The molecule has 0 heterocycles. The topological polar surface area (TPSA) is 89.8 Å². The number of amides is 1. The summed E-state index contributed by atoms with van der Waals surface area (Å²) in [6.45, 7) is 3.39. The molecule has 1 amide bonds. The van der Waals surface area contributed by atoms with Gasteiger partial charge < -0.3 is 9.64 Å². The predicted molar refractivity (Wildman–Crippen MR) is 95.8 cm³/mol. The Balaban J connectivity index is 2.01. The fraction of sp³-hybridized carbons (Fsp3) is 0.263. The smallest absolute Gasteiger partial charge is 0.345 e. The number of hydrogen-bond donors (Lipinski definition) is 0. The average Bonchev–Trinajstić information content (AvgIpc) is 2.60. The second-order valence-electron chi connectivity index (χ2n) is 5.98. The van der Waals surface area contributed by atoms with Crippen LogP contribution in [0.3, 0.4) is 0 Å². The number of nitrogens with zero attached hydrogens (tertiary/aromatic N) is 2. The van der Waals surface area contributed by atoms with E-state index in [-0.39, 0.29) is 11.3 Å². The molecular formula is C19H20N2O5. The highest BCUT2D eigenvalue weighted by Gasteiger charge is 2.24. The molecule has 2 aromatic carbocycles. The fourth-order valence-corrected chi connectivity index (χ4v) is 2.51. The maximum absolute atomic E-state index is 12.2. The quantitative estimate of drug-likeness (QED) is 0.451. The number of hydrogen-bond acceptors (Lipinski definition) is 5. The molecule has 0 aliphatic rings. The molecule has 0 aromatic heterocycles. The lowest BCUT2D eigenvalue weighted by molar-refractivity contribution is -0.385. The van der Waals surface area contributed by atoms with Crippen molar-refractivity contribution >= 4 is 17.6 Å². The third-order valence-corrected chi connectivity index (χ3v) is 4.06. The first-order valence-corrected chi connectivity index (χ1v) is 8.01. The van der Waals surface area contributed by atoms with Crippen LogP contribution in [0.15, 0.2) is 42.5 Å². The highest BCUT2D eigenvalue weighted by molar-refractivity contribution is 5.95.